The van der Waals surface area contributed by atoms with Gasteiger partial charge in [-0.1, -0.05) is 0 Å². The zero-order chi connectivity index (χ0) is 11.7. The first-order chi connectivity index (χ1) is 8.33. The zero-order valence-corrected chi connectivity index (χ0v) is 13.0. The van der Waals surface area contributed by atoms with Crippen molar-refractivity contribution in [2.75, 3.05) is 6.61 Å². The Bertz CT molecular complexity index is 528. The number of rotatable bonds is 4. The Kier molecular flexibility index (Phi) is 4.50. The summed E-state index contributed by atoms with van der Waals surface area (Å²) >= 11 is 1.20. The number of hydrogen-bond acceptors (Lipinski definition) is 4. The summed E-state index contributed by atoms with van der Waals surface area (Å²) in [6.45, 7) is 0.775. The van der Waals surface area contributed by atoms with Gasteiger partial charge in [0, 0.05) is 6.07 Å². The van der Waals surface area contributed by atoms with Crippen molar-refractivity contribution in [3.8, 4) is 17.1 Å². The van der Waals surface area contributed by atoms with E-state index in [4.69, 9.17) is 4.74 Å². The zero-order valence-electron chi connectivity index (χ0n) is 10.0. The molecule has 6 heteroatoms. The maximum atomic E-state index is 5.72. The number of halogens is 1. The van der Waals surface area contributed by atoms with Crippen molar-refractivity contribution in [2.45, 2.75) is 12.8 Å². The Morgan fingerprint density at radius 1 is 1.44 bits per heavy atom. The van der Waals surface area contributed by atoms with Crippen molar-refractivity contribution in [1.82, 2.24) is 8.75 Å². The predicted molar refractivity (Wildman–Crippen MR) is 64.7 cm³/mol. The molecular formula is C12H14IN3OS. The summed E-state index contributed by atoms with van der Waals surface area (Å²) in [6, 6.07) is 4.03. The highest BCUT2D eigenvalue weighted by Crippen LogP contribution is 2.32. The van der Waals surface area contributed by atoms with Gasteiger partial charge in [-0.3, -0.25) is 0 Å². The lowest BCUT2D eigenvalue weighted by atomic mass is 10.2. The number of pyridine rings is 1. The third-order valence-corrected chi connectivity index (χ3v) is 3.34. The molecule has 0 radical (unpaired) electrons. The van der Waals surface area contributed by atoms with Crippen LogP contribution < -0.4 is 33.3 Å². The molecule has 0 N–H and O–H groups in total. The van der Waals surface area contributed by atoms with Crippen molar-refractivity contribution in [3.63, 3.8) is 0 Å². The van der Waals surface area contributed by atoms with Crippen molar-refractivity contribution in [2.24, 2.45) is 13.0 Å². The molecule has 1 aliphatic rings. The highest BCUT2D eigenvalue weighted by Gasteiger charge is 2.23. The fraction of sp³-hybridized carbons (Fsp3) is 0.417. The molecule has 0 unspecified atom stereocenters. The molecule has 0 amide bonds. The molecule has 4 nitrogen and oxygen atoms in total. The van der Waals surface area contributed by atoms with Crippen LogP contribution in [0, 0.1) is 5.92 Å². The van der Waals surface area contributed by atoms with Crippen molar-refractivity contribution < 1.29 is 33.3 Å². The Balaban J connectivity index is 0.00000120. The lowest BCUT2D eigenvalue weighted by Crippen LogP contribution is -3.00. The van der Waals surface area contributed by atoms with Crippen LogP contribution >= 0.6 is 11.7 Å². The Morgan fingerprint density at radius 3 is 3.00 bits per heavy atom. The quantitative estimate of drug-likeness (QED) is 0.499. The molecule has 3 rings (SSSR count). The first-order valence-electron chi connectivity index (χ1n) is 5.74. The molecule has 0 aromatic carbocycles. The van der Waals surface area contributed by atoms with Crippen LogP contribution in [0.2, 0.25) is 0 Å². The first-order valence-corrected chi connectivity index (χ1v) is 6.47. The van der Waals surface area contributed by atoms with Gasteiger partial charge in [-0.15, -0.1) is 4.37 Å². The van der Waals surface area contributed by atoms with Gasteiger partial charge in [0.15, 0.2) is 18.1 Å². The second-order valence-corrected chi connectivity index (χ2v) is 4.96. The average Bonchev–Trinajstić information content (AvgIpc) is 3.04. The summed E-state index contributed by atoms with van der Waals surface area (Å²) in [5, 5.41) is 0. The van der Waals surface area contributed by atoms with Gasteiger partial charge in [-0.25, -0.2) is 4.57 Å². The Labute approximate surface area is 127 Å². The second kappa shape index (κ2) is 5.92. The van der Waals surface area contributed by atoms with Crippen molar-refractivity contribution in [3.05, 3.63) is 24.5 Å². The van der Waals surface area contributed by atoms with Gasteiger partial charge in [0.05, 0.1) is 23.9 Å². The van der Waals surface area contributed by atoms with Crippen LogP contribution in [-0.2, 0) is 7.05 Å². The minimum absolute atomic E-state index is 0. The van der Waals surface area contributed by atoms with Crippen LogP contribution in [0.25, 0.3) is 11.3 Å². The molecular weight excluding hydrogens is 361 g/mol. The normalized spacial score (nSPS) is 14.1. The third kappa shape index (κ3) is 3.17. The van der Waals surface area contributed by atoms with E-state index >= 15 is 0 Å². The number of aromatic nitrogens is 3. The smallest absolute Gasteiger partial charge is 0.254 e. The van der Waals surface area contributed by atoms with E-state index < -0.39 is 0 Å². The van der Waals surface area contributed by atoms with E-state index in [1.807, 2.05) is 36.1 Å². The number of ether oxygens (including phenoxy) is 1. The molecule has 1 aliphatic carbocycles. The van der Waals surface area contributed by atoms with Gasteiger partial charge in [0.25, 0.3) is 5.88 Å². The SMILES string of the molecule is C[n+]1cccc(-c2nsnc2OCC2CC2)c1.[I-]. The second-order valence-electron chi connectivity index (χ2n) is 4.43. The largest absolute Gasteiger partial charge is 1.00 e. The van der Waals surface area contributed by atoms with Crippen LogP contribution in [0.15, 0.2) is 24.5 Å². The highest BCUT2D eigenvalue weighted by atomic mass is 127. The summed E-state index contributed by atoms with van der Waals surface area (Å²) in [6.07, 6.45) is 6.59. The van der Waals surface area contributed by atoms with E-state index in [2.05, 4.69) is 8.75 Å². The van der Waals surface area contributed by atoms with E-state index in [1.54, 1.807) is 0 Å². The number of aryl methyl sites for hydroxylation is 1. The van der Waals surface area contributed by atoms with Gasteiger partial charge < -0.3 is 28.7 Å². The monoisotopic (exact) mass is 375 g/mol. The van der Waals surface area contributed by atoms with Gasteiger partial charge in [0.2, 0.25) is 0 Å². The van der Waals surface area contributed by atoms with Crippen LogP contribution in [0.4, 0.5) is 0 Å². The van der Waals surface area contributed by atoms with E-state index in [1.165, 1.54) is 24.6 Å². The summed E-state index contributed by atoms with van der Waals surface area (Å²) in [4.78, 5) is 0. The van der Waals surface area contributed by atoms with Crippen LogP contribution in [0.3, 0.4) is 0 Å². The molecule has 0 spiro atoms. The average molecular weight is 375 g/mol. The van der Waals surface area contributed by atoms with E-state index in [0.717, 1.165) is 23.8 Å². The fourth-order valence-corrected chi connectivity index (χ4v) is 2.18. The molecule has 2 aromatic rings. The molecule has 18 heavy (non-hydrogen) atoms. The molecule has 0 atom stereocenters. The van der Waals surface area contributed by atoms with Crippen LogP contribution in [-0.4, -0.2) is 15.4 Å². The van der Waals surface area contributed by atoms with Gasteiger partial charge in [0.1, 0.15) is 7.05 Å². The van der Waals surface area contributed by atoms with E-state index in [9.17, 15) is 0 Å². The Hall–Kier alpha value is -0.760. The molecule has 0 bridgehead atoms. The number of nitrogens with zero attached hydrogens (tertiary/aromatic N) is 3. The summed E-state index contributed by atoms with van der Waals surface area (Å²) in [5.74, 6) is 1.41. The molecule has 1 saturated carbocycles. The molecule has 1 fully saturated rings. The van der Waals surface area contributed by atoms with Gasteiger partial charge >= 0.3 is 0 Å². The topological polar surface area (TPSA) is 38.9 Å². The summed E-state index contributed by atoms with van der Waals surface area (Å²) in [7, 11) is 1.99. The maximum Gasteiger partial charge on any atom is 0.254 e. The standard InChI is InChI=1S/C12H14N3OS.HI/c1-15-6-2-3-10(7-15)11-12(14-17-13-11)16-8-9-4-5-9;/h2-3,6-7,9H,4-5,8H2,1H3;1H/q+1;/p-1. The first kappa shape index (κ1) is 13.7. The summed E-state index contributed by atoms with van der Waals surface area (Å²) in [5.41, 5.74) is 1.90. The van der Waals surface area contributed by atoms with Gasteiger partial charge in [-0.2, -0.15) is 4.37 Å². The Morgan fingerprint density at radius 2 is 2.28 bits per heavy atom. The van der Waals surface area contributed by atoms with Crippen LogP contribution in [0.1, 0.15) is 12.8 Å². The lowest BCUT2D eigenvalue weighted by Gasteiger charge is -2.02. The molecule has 96 valence electrons. The molecule has 0 aliphatic heterocycles. The van der Waals surface area contributed by atoms with Crippen molar-refractivity contribution in [1.29, 1.82) is 0 Å². The molecule has 0 saturated heterocycles. The summed E-state index contributed by atoms with van der Waals surface area (Å²) < 4.78 is 16.3. The highest BCUT2D eigenvalue weighted by molar-refractivity contribution is 6.99. The minimum atomic E-state index is 0. The van der Waals surface area contributed by atoms with Crippen molar-refractivity contribution >= 4 is 11.7 Å². The molecule has 2 heterocycles. The van der Waals surface area contributed by atoms with Crippen LogP contribution in [0.5, 0.6) is 5.88 Å². The van der Waals surface area contributed by atoms with Gasteiger partial charge in [-0.05, 0) is 24.8 Å². The van der Waals surface area contributed by atoms with E-state index in [-0.39, 0.29) is 24.0 Å². The number of hydrogen-bond donors (Lipinski definition) is 0. The molecule has 2 aromatic heterocycles. The third-order valence-electron chi connectivity index (χ3n) is 2.82. The van der Waals surface area contributed by atoms with E-state index in [0.29, 0.717) is 5.88 Å². The predicted octanol–water partition coefficient (Wildman–Crippen LogP) is -1.18. The maximum absolute atomic E-state index is 5.72. The lowest BCUT2D eigenvalue weighted by molar-refractivity contribution is -0.671. The minimum Gasteiger partial charge on any atom is -1.00 e. The fourth-order valence-electron chi connectivity index (χ4n) is 1.66.